The Morgan fingerprint density at radius 3 is 2.37 bits per heavy atom. The van der Waals surface area contributed by atoms with E-state index in [-0.39, 0.29) is 0 Å². The fourth-order valence-corrected chi connectivity index (χ4v) is 3.56. The van der Waals surface area contributed by atoms with E-state index in [1.54, 1.807) is 0 Å². The molecular formula is C17H24ClN. The third-order valence-corrected chi connectivity index (χ3v) is 4.96. The maximum atomic E-state index is 6.00. The molecule has 104 valence electrons. The second kappa shape index (κ2) is 5.10. The van der Waals surface area contributed by atoms with Gasteiger partial charge in [-0.15, -0.1) is 0 Å². The van der Waals surface area contributed by atoms with Crippen molar-refractivity contribution in [3.05, 3.63) is 34.9 Å². The van der Waals surface area contributed by atoms with E-state index < -0.39 is 0 Å². The molecule has 0 radical (unpaired) electrons. The zero-order valence-electron chi connectivity index (χ0n) is 12.0. The van der Waals surface area contributed by atoms with Crippen LogP contribution in [0, 0.1) is 11.3 Å². The first-order valence-corrected chi connectivity index (χ1v) is 7.93. The highest BCUT2D eigenvalue weighted by molar-refractivity contribution is 6.30. The fraction of sp³-hybridized carbons (Fsp3) is 0.647. The van der Waals surface area contributed by atoms with Crippen molar-refractivity contribution in [1.29, 1.82) is 0 Å². The van der Waals surface area contributed by atoms with Gasteiger partial charge in [0, 0.05) is 17.1 Å². The van der Waals surface area contributed by atoms with Crippen molar-refractivity contribution >= 4 is 11.6 Å². The normalized spacial score (nSPS) is 27.4. The molecule has 2 fully saturated rings. The first-order chi connectivity index (χ1) is 9.03. The van der Waals surface area contributed by atoms with Crippen LogP contribution >= 0.6 is 11.6 Å². The molecule has 2 atom stereocenters. The third kappa shape index (κ3) is 3.32. The van der Waals surface area contributed by atoms with Crippen molar-refractivity contribution in [2.45, 2.75) is 58.0 Å². The predicted molar refractivity (Wildman–Crippen MR) is 81.5 cm³/mol. The quantitative estimate of drug-likeness (QED) is 0.820. The van der Waals surface area contributed by atoms with Gasteiger partial charge < -0.3 is 5.32 Å². The molecule has 0 amide bonds. The van der Waals surface area contributed by atoms with E-state index in [1.807, 2.05) is 12.1 Å². The lowest BCUT2D eigenvalue weighted by atomic mass is 9.91. The molecule has 0 bridgehead atoms. The fourth-order valence-electron chi connectivity index (χ4n) is 3.44. The summed E-state index contributed by atoms with van der Waals surface area (Å²) < 4.78 is 0. The van der Waals surface area contributed by atoms with Gasteiger partial charge >= 0.3 is 0 Å². The van der Waals surface area contributed by atoms with Gasteiger partial charge in [-0.05, 0) is 61.1 Å². The van der Waals surface area contributed by atoms with Gasteiger partial charge in [-0.25, -0.2) is 0 Å². The van der Waals surface area contributed by atoms with Gasteiger partial charge in [0.05, 0.1) is 0 Å². The van der Waals surface area contributed by atoms with Crippen LogP contribution in [0.4, 0.5) is 0 Å². The van der Waals surface area contributed by atoms with Gasteiger partial charge in [-0.2, -0.15) is 0 Å². The Bertz CT molecular complexity index is 433. The summed E-state index contributed by atoms with van der Waals surface area (Å²) in [6.07, 6.45) is 6.73. The number of benzene rings is 1. The molecule has 0 heterocycles. The molecule has 1 N–H and O–H groups in total. The lowest BCUT2D eigenvalue weighted by Gasteiger charge is -2.25. The SMILES string of the molecule is CC1(C)CCC(NC(c2ccc(Cl)cc2)C2CC2)C1. The van der Waals surface area contributed by atoms with Crippen LogP contribution in [0.3, 0.4) is 0 Å². The Morgan fingerprint density at radius 2 is 1.84 bits per heavy atom. The van der Waals surface area contributed by atoms with Gasteiger partial charge in [-0.3, -0.25) is 0 Å². The Balaban J connectivity index is 1.70. The molecule has 0 aliphatic heterocycles. The third-order valence-electron chi connectivity index (χ3n) is 4.71. The largest absolute Gasteiger partial charge is 0.307 e. The van der Waals surface area contributed by atoms with Crippen molar-refractivity contribution in [2.75, 3.05) is 0 Å². The maximum Gasteiger partial charge on any atom is 0.0406 e. The molecule has 2 aliphatic carbocycles. The van der Waals surface area contributed by atoms with E-state index in [0.29, 0.717) is 17.5 Å². The number of hydrogen-bond donors (Lipinski definition) is 1. The average Bonchev–Trinajstić information content (AvgIpc) is 3.13. The smallest absolute Gasteiger partial charge is 0.0406 e. The first kappa shape index (κ1) is 13.5. The molecule has 1 aromatic rings. The standard InChI is InChI=1S/C17H24ClN/c1-17(2)10-9-15(11-17)19-16(12-3-4-12)13-5-7-14(18)8-6-13/h5-8,12,15-16,19H,3-4,9-11H2,1-2H3. The van der Waals surface area contributed by atoms with Crippen LogP contribution in [-0.2, 0) is 0 Å². The van der Waals surface area contributed by atoms with E-state index >= 15 is 0 Å². The number of nitrogens with one attached hydrogen (secondary N) is 1. The minimum atomic E-state index is 0.520. The van der Waals surface area contributed by atoms with Crippen molar-refractivity contribution in [2.24, 2.45) is 11.3 Å². The van der Waals surface area contributed by atoms with Crippen molar-refractivity contribution in [1.82, 2.24) is 5.32 Å². The second-order valence-electron chi connectivity index (χ2n) is 7.14. The van der Waals surface area contributed by atoms with E-state index in [0.717, 1.165) is 10.9 Å². The second-order valence-corrected chi connectivity index (χ2v) is 7.57. The van der Waals surface area contributed by atoms with Crippen molar-refractivity contribution < 1.29 is 0 Å². The molecule has 2 saturated carbocycles. The summed E-state index contributed by atoms with van der Waals surface area (Å²) in [6, 6.07) is 9.66. The Kier molecular flexibility index (Phi) is 3.61. The summed E-state index contributed by atoms with van der Waals surface area (Å²) in [5, 5.41) is 4.76. The minimum Gasteiger partial charge on any atom is -0.307 e. The zero-order chi connectivity index (χ0) is 13.5. The molecular weight excluding hydrogens is 254 g/mol. The topological polar surface area (TPSA) is 12.0 Å². The average molecular weight is 278 g/mol. The molecule has 19 heavy (non-hydrogen) atoms. The molecule has 1 nitrogen and oxygen atoms in total. The van der Waals surface area contributed by atoms with Gasteiger partial charge in [0.1, 0.15) is 0 Å². The summed E-state index contributed by atoms with van der Waals surface area (Å²) in [7, 11) is 0. The Hall–Kier alpha value is -0.530. The number of hydrogen-bond acceptors (Lipinski definition) is 1. The zero-order valence-corrected chi connectivity index (χ0v) is 12.7. The summed E-state index contributed by atoms with van der Waals surface area (Å²) in [5.74, 6) is 0.838. The Morgan fingerprint density at radius 1 is 1.16 bits per heavy atom. The lowest BCUT2D eigenvalue weighted by molar-refractivity contribution is 0.344. The van der Waals surface area contributed by atoms with Crippen molar-refractivity contribution in [3.8, 4) is 0 Å². The van der Waals surface area contributed by atoms with Gasteiger partial charge in [0.2, 0.25) is 0 Å². The van der Waals surface area contributed by atoms with Crippen LogP contribution in [0.1, 0.15) is 57.6 Å². The van der Waals surface area contributed by atoms with Gasteiger partial charge in [0.25, 0.3) is 0 Å². The summed E-state index contributed by atoms with van der Waals surface area (Å²) in [5.41, 5.74) is 1.93. The van der Waals surface area contributed by atoms with Crippen LogP contribution in [0.2, 0.25) is 5.02 Å². The summed E-state index contributed by atoms with van der Waals surface area (Å²) >= 11 is 6.00. The van der Waals surface area contributed by atoms with Crippen LogP contribution < -0.4 is 5.32 Å². The number of rotatable bonds is 4. The highest BCUT2D eigenvalue weighted by atomic mass is 35.5. The maximum absolute atomic E-state index is 6.00. The molecule has 3 rings (SSSR count). The van der Waals surface area contributed by atoms with Gasteiger partial charge in [0.15, 0.2) is 0 Å². The number of halogens is 1. The molecule has 2 aliphatic rings. The van der Waals surface area contributed by atoms with Crippen LogP contribution in [0.15, 0.2) is 24.3 Å². The molecule has 2 heteroatoms. The van der Waals surface area contributed by atoms with E-state index in [4.69, 9.17) is 11.6 Å². The summed E-state index contributed by atoms with van der Waals surface area (Å²) in [6.45, 7) is 4.78. The van der Waals surface area contributed by atoms with Crippen LogP contribution in [0.5, 0.6) is 0 Å². The van der Waals surface area contributed by atoms with Crippen LogP contribution in [0.25, 0.3) is 0 Å². The molecule has 1 aromatic carbocycles. The molecule has 2 unspecified atom stereocenters. The Labute approximate surface area is 121 Å². The predicted octanol–water partition coefficient (Wildman–Crippen LogP) is 4.96. The molecule has 0 aromatic heterocycles. The monoisotopic (exact) mass is 277 g/mol. The van der Waals surface area contributed by atoms with Crippen molar-refractivity contribution in [3.63, 3.8) is 0 Å². The van der Waals surface area contributed by atoms with E-state index in [2.05, 4.69) is 31.3 Å². The minimum absolute atomic E-state index is 0.520. The van der Waals surface area contributed by atoms with Crippen LogP contribution in [-0.4, -0.2) is 6.04 Å². The first-order valence-electron chi connectivity index (χ1n) is 7.55. The molecule has 0 saturated heterocycles. The lowest BCUT2D eigenvalue weighted by Crippen LogP contribution is -2.32. The highest BCUT2D eigenvalue weighted by Crippen LogP contribution is 2.44. The van der Waals surface area contributed by atoms with Gasteiger partial charge in [-0.1, -0.05) is 37.6 Å². The summed E-state index contributed by atoms with van der Waals surface area (Å²) in [4.78, 5) is 0. The van der Waals surface area contributed by atoms with E-state index in [9.17, 15) is 0 Å². The molecule has 0 spiro atoms. The highest BCUT2D eigenvalue weighted by Gasteiger charge is 2.37. The van der Waals surface area contributed by atoms with E-state index in [1.165, 1.54) is 37.7 Å².